The van der Waals surface area contributed by atoms with Gasteiger partial charge in [0.05, 0.1) is 24.3 Å². The van der Waals surface area contributed by atoms with Crippen LogP contribution >= 0.6 is 0 Å². The number of benzene rings is 1. The number of carbonyl (C=O) groups excluding carboxylic acids is 2. The van der Waals surface area contributed by atoms with Crippen LogP contribution in [0.2, 0.25) is 0 Å². The predicted molar refractivity (Wildman–Crippen MR) is 132 cm³/mol. The molecule has 1 aliphatic heterocycles. The van der Waals surface area contributed by atoms with Gasteiger partial charge in [-0.1, -0.05) is 18.8 Å². The zero-order valence-electron chi connectivity index (χ0n) is 20.6. The Morgan fingerprint density at radius 2 is 2.03 bits per heavy atom. The SMILES string of the molecule is CC[C@@H]1[C@H](F)C(=O)N[C@@H]1COc1ncc(C#C[C@H]2CC[C@H](CO)CC2)c2cc(C(N)=O)c(OC)cc12. The van der Waals surface area contributed by atoms with E-state index in [1.54, 1.807) is 18.3 Å². The third-order valence-corrected chi connectivity index (χ3v) is 7.29. The second-order valence-electron chi connectivity index (χ2n) is 9.51. The van der Waals surface area contributed by atoms with Crippen molar-refractivity contribution in [3.8, 4) is 23.5 Å². The van der Waals surface area contributed by atoms with Gasteiger partial charge in [0.25, 0.3) is 11.8 Å². The van der Waals surface area contributed by atoms with E-state index in [9.17, 15) is 19.1 Å². The second kappa shape index (κ2) is 11.1. The first-order valence-corrected chi connectivity index (χ1v) is 12.4. The maximum atomic E-state index is 14.2. The topological polar surface area (TPSA) is 124 Å². The van der Waals surface area contributed by atoms with Crippen molar-refractivity contribution >= 4 is 22.6 Å². The van der Waals surface area contributed by atoms with Crippen LogP contribution in [0.1, 0.15) is 54.9 Å². The largest absolute Gasteiger partial charge is 0.496 e. The Bertz CT molecular complexity index is 1200. The molecule has 2 aliphatic rings. The predicted octanol–water partition coefficient (Wildman–Crippen LogP) is 2.73. The molecule has 8 nitrogen and oxygen atoms in total. The smallest absolute Gasteiger partial charge is 0.255 e. The molecule has 1 aromatic heterocycles. The van der Waals surface area contributed by atoms with Crippen molar-refractivity contribution < 1.29 is 28.6 Å². The summed E-state index contributed by atoms with van der Waals surface area (Å²) in [4.78, 5) is 28.3. The number of aliphatic hydroxyl groups is 1. The van der Waals surface area contributed by atoms with Crippen LogP contribution in [0.25, 0.3) is 10.8 Å². The molecule has 1 aromatic carbocycles. The highest BCUT2D eigenvalue weighted by Crippen LogP contribution is 2.34. The molecule has 9 heteroatoms. The number of primary amides is 1. The highest BCUT2D eigenvalue weighted by Gasteiger charge is 2.41. The summed E-state index contributed by atoms with van der Waals surface area (Å²) in [5, 5.41) is 13.2. The van der Waals surface area contributed by atoms with Gasteiger partial charge in [0, 0.05) is 35.4 Å². The van der Waals surface area contributed by atoms with Gasteiger partial charge in [0.2, 0.25) is 5.88 Å². The molecular weight excluding hydrogens is 465 g/mol. The third kappa shape index (κ3) is 5.24. The molecule has 0 bridgehead atoms. The van der Waals surface area contributed by atoms with Crippen molar-refractivity contribution in [3.05, 3.63) is 29.5 Å². The van der Waals surface area contributed by atoms with Gasteiger partial charge in [-0.15, -0.1) is 0 Å². The van der Waals surface area contributed by atoms with Crippen LogP contribution in [-0.2, 0) is 4.79 Å². The summed E-state index contributed by atoms with van der Waals surface area (Å²) < 4.78 is 25.5. The Kier molecular flexibility index (Phi) is 7.94. The number of halogens is 1. The van der Waals surface area contributed by atoms with E-state index in [2.05, 4.69) is 22.1 Å². The van der Waals surface area contributed by atoms with E-state index in [-0.39, 0.29) is 36.3 Å². The Morgan fingerprint density at radius 1 is 1.28 bits per heavy atom. The first-order chi connectivity index (χ1) is 17.4. The number of methoxy groups -OCH3 is 1. The third-order valence-electron chi connectivity index (χ3n) is 7.29. The minimum absolute atomic E-state index is 0.0474. The Morgan fingerprint density at radius 3 is 2.67 bits per heavy atom. The number of aromatic nitrogens is 1. The minimum Gasteiger partial charge on any atom is -0.496 e. The summed E-state index contributed by atoms with van der Waals surface area (Å²) in [6.45, 7) is 2.09. The minimum atomic E-state index is -1.56. The molecular formula is C27H32FN3O5. The average Bonchev–Trinajstić information content (AvgIpc) is 3.17. The number of pyridine rings is 1. The van der Waals surface area contributed by atoms with E-state index < -0.39 is 29.9 Å². The number of fused-ring (bicyclic) bond motifs is 1. The van der Waals surface area contributed by atoms with E-state index >= 15 is 0 Å². The van der Waals surface area contributed by atoms with Crippen LogP contribution in [0, 0.1) is 29.6 Å². The van der Waals surface area contributed by atoms with Crippen LogP contribution in [0.15, 0.2) is 18.3 Å². The number of hydrogen-bond donors (Lipinski definition) is 3. The zero-order valence-corrected chi connectivity index (χ0v) is 20.6. The number of alkyl halides is 1. The number of ether oxygens (including phenoxy) is 2. The van der Waals surface area contributed by atoms with E-state index in [4.69, 9.17) is 15.2 Å². The molecule has 1 saturated carbocycles. The molecule has 2 heterocycles. The highest BCUT2D eigenvalue weighted by molar-refractivity contribution is 6.03. The lowest BCUT2D eigenvalue weighted by Crippen LogP contribution is -2.34. The lowest BCUT2D eigenvalue weighted by atomic mass is 9.82. The summed E-state index contributed by atoms with van der Waals surface area (Å²) >= 11 is 0. The summed E-state index contributed by atoms with van der Waals surface area (Å²) in [6, 6.07) is 2.79. The van der Waals surface area contributed by atoms with Gasteiger partial charge >= 0.3 is 0 Å². The summed E-state index contributed by atoms with van der Waals surface area (Å²) in [6.07, 6.45) is 4.26. The van der Waals surface area contributed by atoms with Crippen molar-refractivity contribution in [2.24, 2.45) is 23.5 Å². The number of carbonyl (C=O) groups is 2. The number of nitrogens with one attached hydrogen (secondary N) is 1. The van der Waals surface area contributed by atoms with Crippen LogP contribution < -0.4 is 20.5 Å². The van der Waals surface area contributed by atoms with Gasteiger partial charge in [0.1, 0.15) is 12.4 Å². The lowest BCUT2D eigenvalue weighted by molar-refractivity contribution is -0.123. The van der Waals surface area contributed by atoms with Crippen molar-refractivity contribution in [3.63, 3.8) is 0 Å². The average molecular weight is 498 g/mol. The Balaban J connectivity index is 1.67. The van der Waals surface area contributed by atoms with Gasteiger partial charge < -0.3 is 25.6 Å². The van der Waals surface area contributed by atoms with Crippen molar-refractivity contribution in [1.29, 1.82) is 0 Å². The highest BCUT2D eigenvalue weighted by atomic mass is 19.1. The fourth-order valence-corrected chi connectivity index (χ4v) is 5.08. The van der Waals surface area contributed by atoms with Crippen LogP contribution in [-0.4, -0.2) is 54.4 Å². The summed E-state index contributed by atoms with van der Waals surface area (Å²) in [7, 11) is 1.44. The molecule has 0 radical (unpaired) electrons. The molecule has 2 fully saturated rings. The monoisotopic (exact) mass is 497 g/mol. The molecule has 3 atom stereocenters. The quantitative estimate of drug-likeness (QED) is 0.506. The van der Waals surface area contributed by atoms with Crippen LogP contribution in [0.3, 0.4) is 0 Å². The molecule has 4 N–H and O–H groups in total. The number of amides is 2. The van der Waals surface area contributed by atoms with E-state index in [0.29, 0.717) is 28.7 Å². The number of hydrogen-bond acceptors (Lipinski definition) is 6. The molecule has 2 amide bonds. The molecule has 36 heavy (non-hydrogen) atoms. The van der Waals surface area contributed by atoms with Crippen molar-refractivity contribution in [2.45, 2.75) is 51.2 Å². The molecule has 192 valence electrons. The maximum absolute atomic E-state index is 14.2. The van der Waals surface area contributed by atoms with Crippen LogP contribution in [0.5, 0.6) is 11.6 Å². The van der Waals surface area contributed by atoms with Gasteiger partial charge in [0.15, 0.2) is 6.17 Å². The van der Waals surface area contributed by atoms with Crippen molar-refractivity contribution in [2.75, 3.05) is 20.3 Å². The summed E-state index contributed by atoms with van der Waals surface area (Å²) in [5.74, 6) is 5.90. The van der Waals surface area contributed by atoms with Crippen LogP contribution in [0.4, 0.5) is 4.39 Å². The number of aliphatic hydroxyl groups excluding tert-OH is 1. The molecule has 0 spiro atoms. The number of nitrogens with two attached hydrogens (primary N) is 1. The molecule has 2 aromatic rings. The van der Waals surface area contributed by atoms with E-state index in [1.807, 2.05) is 6.92 Å². The van der Waals surface area contributed by atoms with Gasteiger partial charge in [-0.25, -0.2) is 9.37 Å². The lowest BCUT2D eigenvalue weighted by Gasteiger charge is -2.23. The first kappa shape index (κ1) is 25.7. The maximum Gasteiger partial charge on any atom is 0.255 e. The Labute approximate surface area is 209 Å². The second-order valence-corrected chi connectivity index (χ2v) is 9.51. The number of rotatable bonds is 7. The fourth-order valence-electron chi connectivity index (χ4n) is 5.08. The molecule has 1 saturated heterocycles. The van der Waals surface area contributed by atoms with E-state index in [1.165, 1.54) is 7.11 Å². The molecule has 1 aliphatic carbocycles. The molecule has 0 unspecified atom stereocenters. The van der Waals surface area contributed by atoms with Crippen molar-refractivity contribution in [1.82, 2.24) is 10.3 Å². The molecule has 4 rings (SSSR count). The fraction of sp³-hybridized carbons (Fsp3) is 0.519. The number of nitrogens with zero attached hydrogens (tertiary/aromatic N) is 1. The van der Waals surface area contributed by atoms with E-state index in [0.717, 1.165) is 25.7 Å². The normalized spacial score (nSPS) is 25.7. The summed E-state index contributed by atoms with van der Waals surface area (Å²) in [5.41, 5.74) is 6.42. The standard InChI is InChI=1S/C27H32FN3O5/c1-3-18-22(31-26(34)24(18)28)14-36-27-20-11-23(35-2)21(25(29)33)10-19(20)17(12-30-27)9-8-15-4-6-16(13-32)7-5-15/h10-12,15-16,18,22,24,32H,3-7,13-14H2,1-2H3,(H2,29,33)(H,31,34)/t15-,16-,18-,22+,24-/m0/s1. The Hall–Kier alpha value is -3.38. The van der Waals surface area contributed by atoms with Gasteiger partial charge in [-0.05, 0) is 50.2 Å². The zero-order chi connectivity index (χ0) is 25.8. The first-order valence-electron chi connectivity index (χ1n) is 12.4. The van der Waals surface area contributed by atoms with Gasteiger partial charge in [-0.2, -0.15) is 0 Å². The van der Waals surface area contributed by atoms with Gasteiger partial charge in [-0.3, -0.25) is 9.59 Å².